The molecule has 3 rings (SSSR count). The summed E-state index contributed by atoms with van der Waals surface area (Å²) < 4.78 is 1.68. The van der Waals surface area contributed by atoms with Crippen LogP contribution in [0.1, 0.15) is 5.69 Å². The normalized spacial score (nSPS) is 10.3. The van der Waals surface area contributed by atoms with E-state index in [1.807, 2.05) is 47.2 Å². The van der Waals surface area contributed by atoms with Gasteiger partial charge in [0.25, 0.3) is 0 Å². The van der Waals surface area contributed by atoms with Gasteiger partial charge in [-0.05, 0) is 23.6 Å². The maximum atomic E-state index is 11.7. The average molecular weight is 299 g/mol. The summed E-state index contributed by atoms with van der Waals surface area (Å²) >= 11 is 1.59. The lowest BCUT2D eigenvalue weighted by molar-refractivity contribution is 0.251. The van der Waals surface area contributed by atoms with Crippen LogP contribution in [0.25, 0.3) is 5.69 Å². The maximum Gasteiger partial charge on any atom is 0.319 e. The maximum absolute atomic E-state index is 11.7. The molecule has 0 aliphatic carbocycles. The van der Waals surface area contributed by atoms with E-state index in [-0.39, 0.29) is 6.03 Å². The van der Waals surface area contributed by atoms with Crippen molar-refractivity contribution in [3.05, 3.63) is 59.0 Å². The molecule has 0 saturated carbocycles. The number of urea groups is 1. The topological polar surface area (TPSA) is 71.8 Å². The van der Waals surface area contributed by atoms with E-state index >= 15 is 0 Å². The summed E-state index contributed by atoms with van der Waals surface area (Å²) in [5.41, 5.74) is 2.41. The van der Waals surface area contributed by atoms with Crippen LogP contribution in [0.15, 0.2) is 53.4 Å². The molecular formula is C14H13N5OS. The number of para-hydroxylation sites is 1. The summed E-state index contributed by atoms with van der Waals surface area (Å²) in [5.74, 6) is 0. The number of anilines is 1. The third-order valence-corrected chi connectivity index (χ3v) is 3.44. The lowest BCUT2D eigenvalue weighted by atomic mass is 10.3. The second-order valence-corrected chi connectivity index (χ2v) is 5.09. The van der Waals surface area contributed by atoms with Crippen LogP contribution >= 0.6 is 11.3 Å². The van der Waals surface area contributed by atoms with Crippen molar-refractivity contribution in [1.29, 1.82) is 0 Å². The molecule has 0 aliphatic heterocycles. The molecule has 106 valence electrons. The van der Waals surface area contributed by atoms with E-state index in [2.05, 4.69) is 20.9 Å². The molecule has 3 aromatic rings. The number of rotatable bonds is 4. The quantitative estimate of drug-likeness (QED) is 0.778. The van der Waals surface area contributed by atoms with Crippen LogP contribution in [0.4, 0.5) is 10.5 Å². The first kappa shape index (κ1) is 13.3. The molecule has 7 heteroatoms. The Labute approximate surface area is 125 Å². The monoisotopic (exact) mass is 299 g/mol. The van der Waals surface area contributed by atoms with Crippen molar-refractivity contribution in [3.63, 3.8) is 0 Å². The Morgan fingerprint density at radius 1 is 1.24 bits per heavy atom. The molecule has 0 saturated heterocycles. The highest BCUT2D eigenvalue weighted by molar-refractivity contribution is 7.08. The van der Waals surface area contributed by atoms with Crippen molar-refractivity contribution >= 4 is 23.1 Å². The van der Waals surface area contributed by atoms with Crippen molar-refractivity contribution in [2.45, 2.75) is 6.54 Å². The Balaban J connectivity index is 1.54. The number of aromatic nitrogens is 3. The number of hydrogen-bond donors (Lipinski definition) is 2. The largest absolute Gasteiger partial charge is 0.332 e. The zero-order chi connectivity index (χ0) is 14.5. The molecular weight excluding hydrogens is 286 g/mol. The van der Waals surface area contributed by atoms with Crippen LogP contribution < -0.4 is 10.6 Å². The Morgan fingerprint density at radius 3 is 2.86 bits per heavy atom. The van der Waals surface area contributed by atoms with E-state index in [4.69, 9.17) is 0 Å². The lowest BCUT2D eigenvalue weighted by Crippen LogP contribution is -2.28. The van der Waals surface area contributed by atoms with Crippen molar-refractivity contribution in [2.75, 3.05) is 5.32 Å². The fraction of sp³-hybridized carbons (Fsp3) is 0.0714. The zero-order valence-corrected chi connectivity index (χ0v) is 11.9. The van der Waals surface area contributed by atoms with Gasteiger partial charge in [-0.2, -0.15) is 11.3 Å². The molecule has 2 N–H and O–H groups in total. The second-order valence-electron chi connectivity index (χ2n) is 4.31. The van der Waals surface area contributed by atoms with E-state index in [9.17, 15) is 4.79 Å². The van der Waals surface area contributed by atoms with E-state index in [1.165, 1.54) is 0 Å². The molecule has 0 fully saturated rings. The van der Waals surface area contributed by atoms with Gasteiger partial charge in [-0.1, -0.05) is 23.4 Å². The van der Waals surface area contributed by atoms with Crippen LogP contribution in [0.5, 0.6) is 0 Å². The van der Waals surface area contributed by atoms with Crippen molar-refractivity contribution in [3.8, 4) is 5.69 Å². The molecule has 21 heavy (non-hydrogen) atoms. The summed E-state index contributed by atoms with van der Waals surface area (Å²) in [6, 6.07) is 11.0. The molecule has 0 unspecified atom stereocenters. The van der Waals surface area contributed by atoms with E-state index in [1.54, 1.807) is 22.2 Å². The van der Waals surface area contributed by atoms with Crippen LogP contribution in [-0.4, -0.2) is 21.0 Å². The lowest BCUT2D eigenvalue weighted by Gasteiger charge is -2.05. The number of nitrogens with one attached hydrogen (secondary N) is 2. The number of benzene rings is 1. The summed E-state index contributed by atoms with van der Waals surface area (Å²) in [6.45, 7) is 0.322. The third kappa shape index (κ3) is 3.46. The minimum absolute atomic E-state index is 0.272. The average Bonchev–Trinajstić information content (AvgIpc) is 3.17. The summed E-state index contributed by atoms with van der Waals surface area (Å²) in [7, 11) is 0. The van der Waals surface area contributed by atoms with Gasteiger partial charge in [0.05, 0.1) is 18.4 Å². The summed E-state index contributed by atoms with van der Waals surface area (Å²) in [4.78, 5) is 11.7. The molecule has 0 bridgehead atoms. The van der Waals surface area contributed by atoms with Crippen LogP contribution in [0, 0.1) is 0 Å². The van der Waals surface area contributed by atoms with E-state index < -0.39 is 0 Å². The molecule has 0 atom stereocenters. The van der Waals surface area contributed by atoms with Gasteiger partial charge in [0, 0.05) is 11.1 Å². The van der Waals surface area contributed by atoms with Crippen LogP contribution in [0.3, 0.4) is 0 Å². The number of hydrogen-bond acceptors (Lipinski definition) is 4. The molecule has 1 aromatic carbocycles. The molecule has 2 heterocycles. The smallest absolute Gasteiger partial charge is 0.319 e. The number of nitrogens with zero attached hydrogens (tertiary/aromatic N) is 3. The highest BCUT2D eigenvalue weighted by Crippen LogP contribution is 2.11. The number of carbonyl (C=O) groups excluding carboxylic acids is 1. The van der Waals surface area contributed by atoms with Gasteiger partial charge in [-0.25, -0.2) is 9.48 Å². The molecule has 0 spiro atoms. The van der Waals surface area contributed by atoms with E-state index in [0.29, 0.717) is 12.2 Å². The van der Waals surface area contributed by atoms with Gasteiger partial charge in [-0.3, -0.25) is 0 Å². The minimum atomic E-state index is -0.272. The van der Waals surface area contributed by atoms with Gasteiger partial charge in [0.1, 0.15) is 5.69 Å². The predicted octanol–water partition coefficient (Wildman–Crippen LogP) is 2.65. The first-order valence-corrected chi connectivity index (χ1v) is 7.29. The predicted molar refractivity (Wildman–Crippen MR) is 81.5 cm³/mol. The summed E-state index contributed by atoms with van der Waals surface area (Å²) in [6.07, 6.45) is 1.80. The van der Waals surface area contributed by atoms with Gasteiger partial charge in [-0.15, -0.1) is 5.10 Å². The first-order chi connectivity index (χ1) is 10.3. The number of amides is 2. The first-order valence-electron chi connectivity index (χ1n) is 6.35. The second kappa shape index (κ2) is 6.19. The summed E-state index contributed by atoms with van der Waals surface area (Å²) in [5, 5.41) is 17.5. The molecule has 0 radical (unpaired) electrons. The van der Waals surface area contributed by atoms with Gasteiger partial charge in [0.15, 0.2) is 0 Å². The Bertz CT molecular complexity index is 708. The van der Waals surface area contributed by atoms with Gasteiger partial charge >= 0.3 is 6.03 Å². The van der Waals surface area contributed by atoms with Crippen LogP contribution in [0.2, 0.25) is 0 Å². The number of carbonyl (C=O) groups is 1. The van der Waals surface area contributed by atoms with Gasteiger partial charge < -0.3 is 10.6 Å². The fourth-order valence-electron chi connectivity index (χ4n) is 1.76. The van der Waals surface area contributed by atoms with Crippen LogP contribution in [-0.2, 0) is 6.54 Å². The van der Waals surface area contributed by atoms with Crippen molar-refractivity contribution in [2.24, 2.45) is 0 Å². The third-order valence-electron chi connectivity index (χ3n) is 2.77. The number of thiophene rings is 1. The fourth-order valence-corrected chi connectivity index (χ4v) is 2.38. The molecule has 6 nitrogen and oxygen atoms in total. The SMILES string of the molecule is O=C(NCc1cn(-c2ccsc2)nn1)Nc1ccccc1. The standard InChI is InChI=1S/C14H13N5OS/c20-14(16-11-4-2-1-3-5-11)15-8-12-9-19(18-17-12)13-6-7-21-10-13/h1-7,9-10H,8H2,(H2,15,16,20). The highest BCUT2D eigenvalue weighted by Gasteiger charge is 2.05. The van der Waals surface area contributed by atoms with Gasteiger partial charge in [0.2, 0.25) is 0 Å². The Kier molecular flexibility index (Phi) is 3.92. The van der Waals surface area contributed by atoms with E-state index in [0.717, 1.165) is 11.4 Å². The Hall–Kier alpha value is -2.67. The van der Waals surface area contributed by atoms with Crippen molar-refractivity contribution < 1.29 is 4.79 Å². The zero-order valence-electron chi connectivity index (χ0n) is 11.1. The minimum Gasteiger partial charge on any atom is -0.332 e. The molecule has 2 amide bonds. The highest BCUT2D eigenvalue weighted by atomic mass is 32.1. The Morgan fingerprint density at radius 2 is 2.10 bits per heavy atom. The molecule has 0 aliphatic rings. The molecule has 2 aromatic heterocycles. The van der Waals surface area contributed by atoms with Crippen molar-refractivity contribution in [1.82, 2.24) is 20.3 Å².